The van der Waals surface area contributed by atoms with Gasteiger partial charge in [-0.2, -0.15) is 0 Å². The van der Waals surface area contributed by atoms with Gasteiger partial charge in [0.25, 0.3) is 0 Å². The minimum atomic E-state index is 0.869. The Hall–Kier alpha value is -6.90. The van der Waals surface area contributed by atoms with Gasteiger partial charge in [0.05, 0.1) is 16.8 Å². The first-order chi connectivity index (χ1) is 25.8. The second-order valence-electron chi connectivity index (χ2n) is 13.3. The number of furan rings is 1. The Morgan fingerprint density at radius 2 is 0.942 bits per heavy atom. The lowest BCUT2D eigenvalue weighted by Crippen LogP contribution is -2.11. The van der Waals surface area contributed by atoms with Crippen molar-refractivity contribution in [2.45, 2.75) is 0 Å². The van der Waals surface area contributed by atoms with Crippen LogP contribution in [-0.2, 0) is 0 Å². The first kappa shape index (κ1) is 30.0. The van der Waals surface area contributed by atoms with Crippen molar-refractivity contribution in [3.05, 3.63) is 200 Å². The highest BCUT2D eigenvalue weighted by Gasteiger charge is 2.24. The molecule has 10 rings (SSSR count). The molecule has 244 valence electrons. The van der Waals surface area contributed by atoms with E-state index < -0.39 is 0 Å². The fourth-order valence-corrected chi connectivity index (χ4v) is 7.78. The van der Waals surface area contributed by atoms with E-state index in [9.17, 15) is 0 Å². The number of hydrogen-bond donors (Lipinski definition) is 0. The minimum absolute atomic E-state index is 0.869. The lowest BCUT2D eigenvalue weighted by atomic mass is 9.96. The van der Waals surface area contributed by atoms with Gasteiger partial charge in [-0.3, -0.25) is 0 Å². The van der Waals surface area contributed by atoms with Gasteiger partial charge < -0.3 is 9.32 Å². The summed E-state index contributed by atoms with van der Waals surface area (Å²) in [6, 6.07) is 71.6. The smallest absolute Gasteiger partial charge is 0.145 e. The van der Waals surface area contributed by atoms with E-state index in [-0.39, 0.29) is 0 Å². The molecule has 2 heteroatoms. The van der Waals surface area contributed by atoms with Crippen molar-refractivity contribution in [2.24, 2.45) is 0 Å². The summed E-state index contributed by atoms with van der Waals surface area (Å²) >= 11 is 0. The van der Waals surface area contributed by atoms with Gasteiger partial charge in [-0.25, -0.2) is 0 Å². The molecule has 0 fully saturated rings. The van der Waals surface area contributed by atoms with Crippen LogP contribution in [0.1, 0.15) is 0 Å². The molecule has 0 amide bonds. The fraction of sp³-hybridized carbons (Fsp3) is 0. The SMILES string of the molecule is c1ccc(-c2ccc(-c3ccc(N(c4ccc5c(ccc6ccccc65)c4)c4ccccc4-c4ccccc4)c4c3oc3ccccc34)cc2)cc1. The fourth-order valence-electron chi connectivity index (χ4n) is 7.78. The lowest BCUT2D eigenvalue weighted by molar-refractivity contribution is 0.670. The van der Waals surface area contributed by atoms with Gasteiger partial charge in [0.2, 0.25) is 0 Å². The summed E-state index contributed by atoms with van der Waals surface area (Å²) in [5.41, 5.74) is 11.9. The van der Waals surface area contributed by atoms with Gasteiger partial charge in [-0.05, 0) is 80.2 Å². The molecule has 10 aromatic rings. The van der Waals surface area contributed by atoms with Gasteiger partial charge >= 0.3 is 0 Å². The van der Waals surface area contributed by atoms with Crippen molar-refractivity contribution in [1.29, 1.82) is 0 Å². The maximum absolute atomic E-state index is 6.82. The normalized spacial score (nSPS) is 11.5. The second kappa shape index (κ2) is 12.5. The van der Waals surface area contributed by atoms with Crippen molar-refractivity contribution in [3.8, 4) is 33.4 Å². The summed E-state index contributed by atoms with van der Waals surface area (Å²) in [5, 5.41) is 7.11. The average Bonchev–Trinajstić information content (AvgIpc) is 3.62. The minimum Gasteiger partial charge on any atom is -0.455 e. The van der Waals surface area contributed by atoms with Crippen molar-refractivity contribution >= 4 is 60.5 Å². The summed E-state index contributed by atoms with van der Waals surface area (Å²) < 4.78 is 6.82. The maximum Gasteiger partial charge on any atom is 0.145 e. The Kier molecular flexibility index (Phi) is 7.18. The highest BCUT2D eigenvalue weighted by molar-refractivity contribution is 6.18. The molecule has 0 bridgehead atoms. The first-order valence-electron chi connectivity index (χ1n) is 17.8. The van der Waals surface area contributed by atoms with Crippen LogP contribution in [0, 0.1) is 0 Å². The largest absolute Gasteiger partial charge is 0.455 e. The van der Waals surface area contributed by atoms with Crippen LogP contribution in [0.5, 0.6) is 0 Å². The van der Waals surface area contributed by atoms with Gasteiger partial charge in [0, 0.05) is 22.2 Å². The van der Waals surface area contributed by atoms with E-state index in [1.807, 2.05) is 0 Å². The number of rotatable bonds is 6. The van der Waals surface area contributed by atoms with E-state index in [1.165, 1.54) is 38.2 Å². The summed E-state index contributed by atoms with van der Waals surface area (Å²) in [5.74, 6) is 0. The molecule has 0 N–H and O–H groups in total. The van der Waals surface area contributed by atoms with Crippen LogP contribution in [-0.4, -0.2) is 0 Å². The zero-order valence-corrected chi connectivity index (χ0v) is 28.4. The van der Waals surface area contributed by atoms with E-state index in [1.54, 1.807) is 0 Å². The zero-order valence-electron chi connectivity index (χ0n) is 28.4. The monoisotopic (exact) mass is 663 g/mol. The molecule has 0 aliphatic carbocycles. The molecule has 9 aromatic carbocycles. The van der Waals surface area contributed by atoms with Crippen molar-refractivity contribution in [2.75, 3.05) is 4.90 Å². The van der Waals surface area contributed by atoms with E-state index >= 15 is 0 Å². The Morgan fingerprint density at radius 1 is 0.346 bits per heavy atom. The summed E-state index contributed by atoms with van der Waals surface area (Å²) in [4.78, 5) is 2.42. The molecule has 0 atom stereocenters. The van der Waals surface area contributed by atoms with E-state index in [4.69, 9.17) is 4.42 Å². The van der Waals surface area contributed by atoms with E-state index in [2.05, 4.69) is 205 Å². The molecule has 2 nitrogen and oxygen atoms in total. The number of para-hydroxylation sites is 2. The molecule has 0 saturated carbocycles. The van der Waals surface area contributed by atoms with Crippen molar-refractivity contribution in [1.82, 2.24) is 0 Å². The molecule has 0 aliphatic rings. The number of anilines is 3. The third kappa shape index (κ3) is 5.04. The molecule has 0 unspecified atom stereocenters. The number of hydrogen-bond acceptors (Lipinski definition) is 2. The van der Waals surface area contributed by atoms with Gasteiger partial charge in [0.15, 0.2) is 0 Å². The average molecular weight is 664 g/mol. The summed E-state index contributed by atoms with van der Waals surface area (Å²) in [6.45, 7) is 0. The molecule has 0 saturated heterocycles. The standard InChI is InChI=1S/C50H33NO/c1-3-13-34(14-4-1)35-23-25-38(26-24-35)44-31-32-47(49-45-20-10-12-22-48(45)52-50(44)49)51(46-21-11-9-19-43(46)36-15-5-2-6-16-36)40-29-30-42-39(33-40)28-27-37-17-7-8-18-41(37)42/h1-33H. The van der Waals surface area contributed by atoms with Gasteiger partial charge in [-0.15, -0.1) is 0 Å². The Labute approximate surface area is 302 Å². The van der Waals surface area contributed by atoms with Crippen LogP contribution in [0.3, 0.4) is 0 Å². The zero-order chi connectivity index (χ0) is 34.4. The van der Waals surface area contributed by atoms with Gasteiger partial charge in [0.1, 0.15) is 11.2 Å². The molecule has 1 aromatic heterocycles. The topological polar surface area (TPSA) is 16.4 Å². The number of fused-ring (bicyclic) bond motifs is 6. The van der Waals surface area contributed by atoms with Crippen LogP contribution in [0.25, 0.3) is 76.9 Å². The highest BCUT2D eigenvalue weighted by Crippen LogP contribution is 2.48. The van der Waals surface area contributed by atoms with Crippen LogP contribution in [0.15, 0.2) is 205 Å². The van der Waals surface area contributed by atoms with E-state index in [0.717, 1.165) is 55.7 Å². The molecule has 0 radical (unpaired) electrons. The summed E-state index contributed by atoms with van der Waals surface area (Å²) in [7, 11) is 0. The first-order valence-corrected chi connectivity index (χ1v) is 17.8. The number of benzene rings is 9. The molecular weight excluding hydrogens is 631 g/mol. The van der Waals surface area contributed by atoms with Crippen LogP contribution >= 0.6 is 0 Å². The Balaban J connectivity index is 1.23. The van der Waals surface area contributed by atoms with E-state index in [0.29, 0.717) is 0 Å². The maximum atomic E-state index is 6.82. The van der Waals surface area contributed by atoms with Crippen LogP contribution in [0.4, 0.5) is 17.1 Å². The molecule has 0 spiro atoms. The van der Waals surface area contributed by atoms with Crippen molar-refractivity contribution < 1.29 is 4.42 Å². The molecule has 52 heavy (non-hydrogen) atoms. The second-order valence-corrected chi connectivity index (χ2v) is 13.3. The van der Waals surface area contributed by atoms with Gasteiger partial charge in [-0.1, -0.05) is 164 Å². The van der Waals surface area contributed by atoms with Crippen LogP contribution in [0.2, 0.25) is 0 Å². The Morgan fingerprint density at radius 3 is 1.77 bits per heavy atom. The van der Waals surface area contributed by atoms with Crippen molar-refractivity contribution in [3.63, 3.8) is 0 Å². The molecule has 0 aliphatic heterocycles. The summed E-state index contributed by atoms with van der Waals surface area (Å²) in [6.07, 6.45) is 0. The molecular formula is C50H33NO. The highest BCUT2D eigenvalue weighted by atomic mass is 16.3. The Bertz CT molecular complexity index is 2890. The van der Waals surface area contributed by atoms with Crippen LogP contribution < -0.4 is 4.90 Å². The quantitative estimate of drug-likeness (QED) is 0.165. The predicted octanol–water partition coefficient (Wildman–Crippen LogP) is 14.4. The predicted molar refractivity (Wildman–Crippen MR) is 220 cm³/mol. The molecule has 1 heterocycles. The third-order valence-electron chi connectivity index (χ3n) is 10.3. The lowest BCUT2D eigenvalue weighted by Gasteiger charge is -2.29. The third-order valence-corrected chi connectivity index (χ3v) is 10.3. The number of nitrogens with zero attached hydrogens (tertiary/aromatic N) is 1.